The SMILES string of the molecule is COc1cccc(C(=O)O[C@@H](C)C(=O)Nc2ccccc2C)c1O. The van der Waals surface area contributed by atoms with Crippen LogP contribution in [0.25, 0.3) is 0 Å². The summed E-state index contributed by atoms with van der Waals surface area (Å²) in [6.45, 7) is 3.32. The monoisotopic (exact) mass is 329 g/mol. The molecule has 0 saturated heterocycles. The van der Waals surface area contributed by atoms with Crippen molar-refractivity contribution in [1.82, 2.24) is 0 Å². The van der Waals surface area contributed by atoms with E-state index < -0.39 is 18.0 Å². The molecule has 0 fully saturated rings. The highest BCUT2D eigenvalue weighted by Gasteiger charge is 2.22. The fourth-order valence-corrected chi connectivity index (χ4v) is 2.08. The summed E-state index contributed by atoms with van der Waals surface area (Å²) in [5.74, 6) is -1.43. The van der Waals surface area contributed by atoms with E-state index in [2.05, 4.69) is 5.32 Å². The normalized spacial score (nSPS) is 11.5. The number of nitrogens with one attached hydrogen (secondary N) is 1. The number of anilines is 1. The van der Waals surface area contributed by atoms with Gasteiger partial charge in [-0.1, -0.05) is 24.3 Å². The summed E-state index contributed by atoms with van der Waals surface area (Å²) in [5, 5.41) is 12.7. The number of aryl methyl sites for hydroxylation is 1. The maximum Gasteiger partial charge on any atom is 0.342 e. The van der Waals surface area contributed by atoms with Crippen LogP contribution in [-0.2, 0) is 9.53 Å². The van der Waals surface area contributed by atoms with Crippen molar-refractivity contribution in [2.75, 3.05) is 12.4 Å². The molecule has 0 aliphatic rings. The fraction of sp³-hybridized carbons (Fsp3) is 0.222. The second-order valence-electron chi connectivity index (χ2n) is 5.21. The number of phenolic OH excluding ortho intramolecular Hbond substituents is 1. The largest absolute Gasteiger partial charge is 0.504 e. The molecule has 2 N–H and O–H groups in total. The molecule has 0 saturated carbocycles. The molecule has 2 rings (SSSR count). The Morgan fingerprint density at radius 1 is 1.12 bits per heavy atom. The lowest BCUT2D eigenvalue weighted by Gasteiger charge is -2.15. The van der Waals surface area contributed by atoms with E-state index in [1.54, 1.807) is 18.2 Å². The first-order valence-electron chi connectivity index (χ1n) is 7.37. The zero-order chi connectivity index (χ0) is 17.7. The van der Waals surface area contributed by atoms with Crippen LogP contribution in [0.5, 0.6) is 11.5 Å². The molecule has 0 aromatic heterocycles. The Balaban J connectivity index is 2.06. The van der Waals surface area contributed by atoms with Crippen molar-refractivity contribution >= 4 is 17.6 Å². The minimum atomic E-state index is -1.03. The first-order valence-corrected chi connectivity index (χ1v) is 7.37. The average molecular weight is 329 g/mol. The van der Waals surface area contributed by atoms with Gasteiger partial charge in [-0.2, -0.15) is 0 Å². The van der Waals surface area contributed by atoms with Crippen LogP contribution in [0.4, 0.5) is 5.69 Å². The van der Waals surface area contributed by atoms with Gasteiger partial charge in [-0.25, -0.2) is 4.79 Å². The number of ether oxygens (including phenoxy) is 2. The minimum Gasteiger partial charge on any atom is -0.504 e. The summed E-state index contributed by atoms with van der Waals surface area (Å²) in [6.07, 6.45) is -1.03. The summed E-state index contributed by atoms with van der Waals surface area (Å²) < 4.78 is 10.1. The van der Waals surface area contributed by atoms with E-state index in [0.29, 0.717) is 5.69 Å². The van der Waals surface area contributed by atoms with Crippen LogP contribution in [-0.4, -0.2) is 30.2 Å². The van der Waals surface area contributed by atoms with Crippen molar-refractivity contribution in [2.45, 2.75) is 20.0 Å². The molecular formula is C18H19NO5. The van der Waals surface area contributed by atoms with Crippen LogP contribution >= 0.6 is 0 Å². The van der Waals surface area contributed by atoms with E-state index in [4.69, 9.17) is 9.47 Å². The Labute approximate surface area is 140 Å². The van der Waals surface area contributed by atoms with Gasteiger partial charge in [0.05, 0.1) is 7.11 Å². The molecule has 0 radical (unpaired) electrons. The minimum absolute atomic E-state index is 0.0649. The van der Waals surface area contributed by atoms with E-state index >= 15 is 0 Å². The number of benzene rings is 2. The molecule has 1 amide bonds. The van der Waals surface area contributed by atoms with Crippen molar-refractivity contribution < 1.29 is 24.2 Å². The summed E-state index contributed by atoms with van der Waals surface area (Å²) in [5.41, 5.74) is 1.48. The van der Waals surface area contributed by atoms with Crippen LogP contribution in [0.1, 0.15) is 22.8 Å². The van der Waals surface area contributed by atoms with Gasteiger partial charge in [-0.3, -0.25) is 4.79 Å². The van der Waals surface area contributed by atoms with E-state index in [0.717, 1.165) is 5.56 Å². The van der Waals surface area contributed by atoms with Crippen LogP contribution in [0.15, 0.2) is 42.5 Å². The molecule has 0 aliphatic carbocycles. The molecule has 0 aliphatic heterocycles. The summed E-state index contributed by atoms with van der Waals surface area (Å²) in [4.78, 5) is 24.3. The first-order chi connectivity index (χ1) is 11.4. The van der Waals surface area contributed by atoms with Crippen LogP contribution in [0.3, 0.4) is 0 Å². The number of carbonyl (C=O) groups excluding carboxylic acids is 2. The van der Waals surface area contributed by atoms with Crippen molar-refractivity contribution in [3.63, 3.8) is 0 Å². The van der Waals surface area contributed by atoms with Gasteiger partial charge in [0.2, 0.25) is 0 Å². The van der Waals surface area contributed by atoms with Gasteiger partial charge in [-0.15, -0.1) is 0 Å². The van der Waals surface area contributed by atoms with Gasteiger partial charge in [0.1, 0.15) is 5.56 Å². The number of aromatic hydroxyl groups is 1. The molecule has 2 aromatic rings. The van der Waals surface area contributed by atoms with Crippen LogP contribution < -0.4 is 10.1 Å². The first kappa shape index (κ1) is 17.3. The van der Waals surface area contributed by atoms with Gasteiger partial charge < -0.3 is 19.9 Å². The third kappa shape index (κ3) is 3.84. The molecule has 24 heavy (non-hydrogen) atoms. The quantitative estimate of drug-likeness (QED) is 0.824. The Morgan fingerprint density at radius 2 is 1.83 bits per heavy atom. The fourth-order valence-electron chi connectivity index (χ4n) is 2.08. The van der Waals surface area contributed by atoms with E-state index in [1.165, 1.54) is 26.2 Å². The number of esters is 1. The van der Waals surface area contributed by atoms with E-state index in [-0.39, 0.29) is 17.1 Å². The highest BCUT2D eigenvalue weighted by molar-refractivity contribution is 5.98. The van der Waals surface area contributed by atoms with E-state index in [1.807, 2.05) is 19.1 Å². The van der Waals surface area contributed by atoms with Crippen molar-refractivity contribution in [1.29, 1.82) is 0 Å². The number of methoxy groups -OCH3 is 1. The third-order valence-electron chi connectivity index (χ3n) is 3.49. The molecule has 0 bridgehead atoms. The summed E-state index contributed by atoms with van der Waals surface area (Å²) in [7, 11) is 1.38. The van der Waals surface area contributed by atoms with Crippen LogP contribution in [0, 0.1) is 6.92 Å². The average Bonchev–Trinajstić information content (AvgIpc) is 2.56. The predicted molar refractivity (Wildman–Crippen MR) is 89.3 cm³/mol. The van der Waals surface area contributed by atoms with Gasteiger partial charge >= 0.3 is 5.97 Å². The number of hydrogen-bond donors (Lipinski definition) is 2. The van der Waals surface area contributed by atoms with Crippen LogP contribution in [0.2, 0.25) is 0 Å². The number of para-hydroxylation sites is 2. The van der Waals surface area contributed by atoms with Gasteiger partial charge in [0.25, 0.3) is 5.91 Å². The van der Waals surface area contributed by atoms with Crippen molar-refractivity contribution in [3.05, 3.63) is 53.6 Å². The maximum atomic E-state index is 12.2. The molecule has 6 heteroatoms. The Bertz CT molecular complexity index is 757. The molecule has 2 aromatic carbocycles. The summed E-state index contributed by atoms with van der Waals surface area (Å²) >= 11 is 0. The predicted octanol–water partition coefficient (Wildman–Crippen LogP) is 2.89. The zero-order valence-electron chi connectivity index (χ0n) is 13.7. The molecule has 1 atom stereocenters. The van der Waals surface area contributed by atoms with Gasteiger partial charge in [0.15, 0.2) is 17.6 Å². The van der Waals surface area contributed by atoms with Gasteiger partial charge in [-0.05, 0) is 37.6 Å². The number of phenols is 1. The molecule has 6 nitrogen and oxygen atoms in total. The Kier molecular flexibility index (Phi) is 5.42. The number of carbonyl (C=O) groups is 2. The van der Waals surface area contributed by atoms with Gasteiger partial charge in [0, 0.05) is 5.69 Å². The van der Waals surface area contributed by atoms with E-state index in [9.17, 15) is 14.7 Å². The zero-order valence-corrected chi connectivity index (χ0v) is 13.7. The standard InChI is InChI=1S/C18H19NO5/c1-11-7-4-5-9-14(11)19-17(21)12(2)24-18(22)13-8-6-10-15(23-3)16(13)20/h4-10,12,20H,1-3H3,(H,19,21)/t12-/m0/s1. The lowest BCUT2D eigenvalue weighted by molar-refractivity contribution is -0.123. The number of hydrogen-bond acceptors (Lipinski definition) is 5. The van der Waals surface area contributed by atoms with Crippen molar-refractivity contribution in [3.8, 4) is 11.5 Å². The lowest BCUT2D eigenvalue weighted by atomic mass is 10.2. The maximum absolute atomic E-state index is 12.2. The number of rotatable bonds is 5. The highest BCUT2D eigenvalue weighted by Crippen LogP contribution is 2.30. The Morgan fingerprint density at radius 3 is 2.50 bits per heavy atom. The Hall–Kier alpha value is -3.02. The lowest BCUT2D eigenvalue weighted by Crippen LogP contribution is -2.30. The molecule has 0 unspecified atom stereocenters. The van der Waals surface area contributed by atoms with Crippen molar-refractivity contribution in [2.24, 2.45) is 0 Å². The molecule has 0 spiro atoms. The second kappa shape index (κ2) is 7.50. The second-order valence-corrected chi connectivity index (χ2v) is 5.21. The third-order valence-corrected chi connectivity index (χ3v) is 3.49. The topological polar surface area (TPSA) is 84.9 Å². The highest BCUT2D eigenvalue weighted by atomic mass is 16.5. The summed E-state index contributed by atoms with van der Waals surface area (Å²) in [6, 6.07) is 11.7. The number of amides is 1. The molecular weight excluding hydrogens is 310 g/mol. The molecule has 0 heterocycles. The molecule has 126 valence electrons. The smallest absolute Gasteiger partial charge is 0.342 e.